The highest BCUT2D eigenvalue weighted by Gasteiger charge is 2.44. The summed E-state index contributed by atoms with van der Waals surface area (Å²) in [5.74, 6) is -1.69. The predicted molar refractivity (Wildman–Crippen MR) is 124 cm³/mol. The molecule has 0 heterocycles. The molecule has 0 saturated heterocycles. The first-order valence-electron chi connectivity index (χ1n) is 11.3. The zero-order valence-electron chi connectivity index (χ0n) is 19.1. The van der Waals surface area contributed by atoms with Crippen LogP contribution in [0.15, 0.2) is 48.5 Å². The van der Waals surface area contributed by atoms with Gasteiger partial charge in [0, 0.05) is 12.5 Å². The number of hydrogen-bond acceptors (Lipinski definition) is 4. The molecule has 7 nitrogen and oxygen atoms in total. The highest BCUT2D eigenvalue weighted by atomic mass is 16.5. The van der Waals surface area contributed by atoms with Gasteiger partial charge in [-0.2, -0.15) is 0 Å². The number of nitrogens with one attached hydrogen (secondary N) is 2. The molecule has 0 radical (unpaired) electrons. The van der Waals surface area contributed by atoms with Crippen molar-refractivity contribution >= 4 is 18.0 Å². The second-order valence-corrected chi connectivity index (χ2v) is 9.95. The Morgan fingerprint density at radius 2 is 1.61 bits per heavy atom. The van der Waals surface area contributed by atoms with Crippen LogP contribution >= 0.6 is 0 Å². The molecule has 0 spiro atoms. The lowest BCUT2D eigenvalue weighted by molar-refractivity contribution is -0.139. The molecule has 3 N–H and O–H groups in total. The van der Waals surface area contributed by atoms with Crippen LogP contribution in [-0.2, 0) is 14.3 Å². The molecule has 4 rings (SSSR count). The first-order chi connectivity index (χ1) is 15.7. The van der Waals surface area contributed by atoms with E-state index in [1.807, 2.05) is 45.0 Å². The number of carbonyl (C=O) groups excluding carboxylic acids is 2. The van der Waals surface area contributed by atoms with Crippen molar-refractivity contribution in [3.8, 4) is 11.1 Å². The monoisotopic (exact) mass is 450 g/mol. The molecule has 0 aromatic heterocycles. The van der Waals surface area contributed by atoms with Crippen LogP contribution in [0.5, 0.6) is 0 Å². The SMILES string of the molecule is CC(C)(C)[C@H](NC(=O)OCC1c2ccccc2-c2ccccc21)C(=O)NC[C@@H]1C[C@@H]1C(=O)O. The largest absolute Gasteiger partial charge is 0.481 e. The molecule has 2 amide bonds. The molecule has 2 aliphatic carbocycles. The van der Waals surface area contributed by atoms with Crippen molar-refractivity contribution in [2.75, 3.05) is 13.2 Å². The molecule has 174 valence electrons. The summed E-state index contributed by atoms with van der Waals surface area (Å²) in [4.78, 5) is 36.5. The van der Waals surface area contributed by atoms with Crippen LogP contribution in [0.1, 0.15) is 44.2 Å². The number of benzene rings is 2. The molecule has 1 saturated carbocycles. The molecule has 0 unspecified atom stereocenters. The third-order valence-electron chi connectivity index (χ3n) is 6.51. The molecular weight excluding hydrogens is 420 g/mol. The number of carbonyl (C=O) groups is 3. The van der Waals surface area contributed by atoms with Crippen LogP contribution in [0.25, 0.3) is 11.1 Å². The smallest absolute Gasteiger partial charge is 0.407 e. The van der Waals surface area contributed by atoms with Crippen molar-refractivity contribution in [1.82, 2.24) is 10.6 Å². The summed E-state index contributed by atoms with van der Waals surface area (Å²) in [6.07, 6.45) is -0.0861. The molecule has 0 bridgehead atoms. The second kappa shape index (κ2) is 8.89. The lowest BCUT2D eigenvalue weighted by atomic mass is 9.86. The molecule has 33 heavy (non-hydrogen) atoms. The van der Waals surface area contributed by atoms with E-state index < -0.39 is 29.4 Å². The Bertz CT molecular complexity index is 1030. The van der Waals surface area contributed by atoms with E-state index in [0.717, 1.165) is 22.3 Å². The summed E-state index contributed by atoms with van der Waals surface area (Å²) in [5, 5.41) is 14.5. The Labute approximate surface area is 193 Å². The highest BCUT2D eigenvalue weighted by Crippen LogP contribution is 2.44. The normalized spacial score (nSPS) is 19.7. The van der Waals surface area contributed by atoms with Gasteiger partial charge in [0.25, 0.3) is 0 Å². The van der Waals surface area contributed by atoms with Crippen LogP contribution in [0.2, 0.25) is 0 Å². The van der Waals surface area contributed by atoms with E-state index in [1.165, 1.54) is 0 Å². The molecule has 2 aliphatic rings. The van der Waals surface area contributed by atoms with Gasteiger partial charge in [-0.15, -0.1) is 0 Å². The Hall–Kier alpha value is -3.35. The summed E-state index contributed by atoms with van der Waals surface area (Å²) < 4.78 is 5.59. The quantitative estimate of drug-likeness (QED) is 0.596. The van der Waals surface area contributed by atoms with Gasteiger partial charge in [0.15, 0.2) is 0 Å². The molecule has 1 fully saturated rings. The maximum atomic E-state index is 12.8. The molecule has 7 heteroatoms. The average Bonchev–Trinajstić information content (AvgIpc) is 3.49. The number of carboxylic acids is 1. The van der Waals surface area contributed by atoms with Crippen molar-refractivity contribution in [2.24, 2.45) is 17.3 Å². The van der Waals surface area contributed by atoms with Gasteiger partial charge in [-0.05, 0) is 40.0 Å². The fourth-order valence-electron chi connectivity index (χ4n) is 4.54. The predicted octanol–water partition coefficient (Wildman–Crippen LogP) is 3.78. The zero-order chi connectivity index (χ0) is 23.8. The highest BCUT2D eigenvalue weighted by molar-refractivity contribution is 5.86. The number of ether oxygens (including phenoxy) is 1. The summed E-state index contributed by atoms with van der Waals surface area (Å²) in [5.41, 5.74) is 3.98. The van der Waals surface area contributed by atoms with Gasteiger partial charge >= 0.3 is 12.1 Å². The summed E-state index contributed by atoms with van der Waals surface area (Å²) in [7, 11) is 0. The molecule has 2 aromatic carbocycles. The van der Waals surface area contributed by atoms with E-state index in [2.05, 4.69) is 34.9 Å². The Balaban J connectivity index is 1.37. The molecule has 3 atom stereocenters. The second-order valence-electron chi connectivity index (χ2n) is 9.95. The first-order valence-corrected chi connectivity index (χ1v) is 11.3. The lowest BCUT2D eigenvalue weighted by Crippen LogP contribution is -2.54. The van der Waals surface area contributed by atoms with Gasteiger partial charge in [-0.3, -0.25) is 9.59 Å². The molecule has 0 aliphatic heterocycles. The van der Waals surface area contributed by atoms with Gasteiger partial charge in [-0.25, -0.2) is 4.79 Å². The van der Waals surface area contributed by atoms with E-state index >= 15 is 0 Å². The minimum atomic E-state index is -0.835. The van der Waals surface area contributed by atoms with E-state index in [4.69, 9.17) is 9.84 Å². The topological polar surface area (TPSA) is 105 Å². The maximum Gasteiger partial charge on any atom is 0.407 e. The van der Waals surface area contributed by atoms with Gasteiger partial charge in [0.05, 0.1) is 5.92 Å². The van der Waals surface area contributed by atoms with Crippen LogP contribution in [0.3, 0.4) is 0 Å². The van der Waals surface area contributed by atoms with E-state index in [9.17, 15) is 14.4 Å². The number of carboxylic acid groups (broad SMARTS) is 1. The maximum absolute atomic E-state index is 12.8. The number of fused-ring (bicyclic) bond motifs is 3. The Kier molecular flexibility index (Phi) is 6.15. The van der Waals surface area contributed by atoms with E-state index in [0.29, 0.717) is 6.42 Å². The van der Waals surface area contributed by atoms with Crippen molar-refractivity contribution in [2.45, 2.75) is 39.2 Å². The van der Waals surface area contributed by atoms with E-state index in [1.54, 1.807) is 0 Å². The zero-order valence-corrected chi connectivity index (χ0v) is 19.1. The van der Waals surface area contributed by atoms with Crippen LogP contribution < -0.4 is 10.6 Å². The standard InChI is InChI=1S/C26H30N2O5/c1-26(2,3)22(23(29)27-13-15-12-20(15)24(30)31)28-25(32)33-14-21-18-10-6-4-8-16(18)17-9-5-7-11-19(17)21/h4-11,15,20-22H,12-14H2,1-3H3,(H,27,29)(H,28,32)(H,30,31)/t15-,20-,22+/m0/s1. The Morgan fingerprint density at radius 3 is 2.12 bits per heavy atom. The van der Waals surface area contributed by atoms with Crippen molar-refractivity contribution in [3.05, 3.63) is 59.7 Å². The Morgan fingerprint density at radius 1 is 1.03 bits per heavy atom. The van der Waals surface area contributed by atoms with Crippen molar-refractivity contribution in [3.63, 3.8) is 0 Å². The third-order valence-corrected chi connectivity index (χ3v) is 6.51. The number of hydrogen-bond donors (Lipinski definition) is 3. The average molecular weight is 451 g/mol. The van der Waals surface area contributed by atoms with Gasteiger partial charge in [0.1, 0.15) is 12.6 Å². The minimum absolute atomic E-state index is 0.0541. The number of rotatable bonds is 7. The molecular formula is C26H30N2O5. The summed E-state index contributed by atoms with van der Waals surface area (Å²) >= 11 is 0. The lowest BCUT2D eigenvalue weighted by Gasteiger charge is -2.30. The van der Waals surface area contributed by atoms with Gasteiger partial charge in [-0.1, -0.05) is 69.3 Å². The first kappa shape index (κ1) is 22.8. The fourth-order valence-corrected chi connectivity index (χ4v) is 4.54. The van der Waals surface area contributed by atoms with Crippen LogP contribution in [0, 0.1) is 17.3 Å². The summed E-state index contributed by atoms with van der Waals surface area (Å²) in [6.45, 7) is 6.03. The third kappa shape index (κ3) is 4.87. The van der Waals surface area contributed by atoms with Crippen LogP contribution in [-0.4, -0.2) is 42.3 Å². The molecule has 2 aromatic rings. The van der Waals surface area contributed by atoms with Gasteiger partial charge in [0.2, 0.25) is 5.91 Å². The number of alkyl carbamates (subject to hydrolysis) is 1. The van der Waals surface area contributed by atoms with E-state index in [-0.39, 0.29) is 30.9 Å². The van der Waals surface area contributed by atoms with Crippen molar-refractivity contribution in [1.29, 1.82) is 0 Å². The summed E-state index contributed by atoms with van der Waals surface area (Å²) in [6, 6.07) is 15.4. The van der Waals surface area contributed by atoms with Crippen LogP contribution in [0.4, 0.5) is 4.79 Å². The number of aliphatic carboxylic acids is 1. The minimum Gasteiger partial charge on any atom is -0.481 e. The fraction of sp³-hybridized carbons (Fsp3) is 0.423. The van der Waals surface area contributed by atoms with Gasteiger partial charge < -0.3 is 20.5 Å². The van der Waals surface area contributed by atoms with Crippen molar-refractivity contribution < 1.29 is 24.2 Å². The number of amides is 2.